The highest BCUT2D eigenvalue weighted by molar-refractivity contribution is 8.02. The van der Waals surface area contributed by atoms with Gasteiger partial charge in [-0.2, -0.15) is 0 Å². The van der Waals surface area contributed by atoms with Crippen LogP contribution in [0.25, 0.3) is 10.2 Å². The first-order valence-electron chi connectivity index (χ1n) is 7.47. The fourth-order valence-electron chi connectivity index (χ4n) is 2.17. The van der Waals surface area contributed by atoms with Gasteiger partial charge in [-0.15, -0.1) is 11.3 Å². The first-order chi connectivity index (χ1) is 11.5. The van der Waals surface area contributed by atoms with E-state index in [-0.39, 0.29) is 16.9 Å². The van der Waals surface area contributed by atoms with Crippen molar-refractivity contribution in [1.82, 2.24) is 4.98 Å². The number of thiazole rings is 1. The number of Topliss-reactive ketones (excluding diaryl/α,β-unsaturated/α-hetero) is 1. The van der Waals surface area contributed by atoms with Crippen LogP contribution in [0.2, 0.25) is 0 Å². The van der Waals surface area contributed by atoms with Gasteiger partial charge < -0.3 is 5.32 Å². The molecule has 1 atom stereocenters. The molecule has 0 aliphatic rings. The molecule has 0 spiro atoms. The molecule has 0 radical (unpaired) electrons. The number of ketones is 1. The van der Waals surface area contributed by atoms with E-state index in [2.05, 4.69) is 10.3 Å². The molecule has 0 unspecified atom stereocenters. The lowest BCUT2D eigenvalue weighted by Crippen LogP contribution is -2.22. The largest absolute Gasteiger partial charge is 0.325 e. The number of aromatic nitrogens is 1. The maximum absolute atomic E-state index is 12.4. The Morgan fingerprint density at radius 2 is 1.96 bits per heavy atom. The highest BCUT2D eigenvalue weighted by Crippen LogP contribution is 2.32. The van der Waals surface area contributed by atoms with Gasteiger partial charge >= 0.3 is 0 Å². The van der Waals surface area contributed by atoms with Crippen molar-refractivity contribution in [2.45, 2.75) is 23.4 Å². The average Bonchev–Trinajstić information content (AvgIpc) is 2.97. The lowest BCUT2D eigenvalue weighted by atomic mass is 10.1. The van der Waals surface area contributed by atoms with Crippen molar-refractivity contribution in [3.8, 4) is 0 Å². The quantitative estimate of drug-likeness (QED) is 0.535. The summed E-state index contributed by atoms with van der Waals surface area (Å²) >= 11 is 3.02. The van der Waals surface area contributed by atoms with Gasteiger partial charge in [-0.05, 0) is 38.1 Å². The Morgan fingerprint density at radius 3 is 2.71 bits per heavy atom. The summed E-state index contributed by atoms with van der Waals surface area (Å²) in [5.41, 5.74) is 2.16. The van der Waals surface area contributed by atoms with Gasteiger partial charge in [0.2, 0.25) is 5.91 Å². The summed E-state index contributed by atoms with van der Waals surface area (Å²) in [6.45, 7) is 3.35. The van der Waals surface area contributed by atoms with Crippen LogP contribution >= 0.6 is 23.1 Å². The Labute approximate surface area is 148 Å². The van der Waals surface area contributed by atoms with Crippen LogP contribution in [0, 0.1) is 0 Å². The minimum atomic E-state index is -0.286. The Morgan fingerprint density at radius 1 is 1.17 bits per heavy atom. The molecular weight excluding hydrogens is 340 g/mol. The number of para-hydroxylation sites is 1. The number of fused-ring (bicyclic) bond motifs is 1. The Bertz CT molecular complexity index is 872. The van der Waals surface area contributed by atoms with Crippen molar-refractivity contribution in [1.29, 1.82) is 0 Å². The fraction of sp³-hybridized carbons (Fsp3) is 0.167. The summed E-state index contributed by atoms with van der Waals surface area (Å²) in [4.78, 5) is 28.3. The second-order valence-electron chi connectivity index (χ2n) is 5.33. The molecule has 122 valence electrons. The fourth-order valence-corrected chi connectivity index (χ4v) is 4.38. The standard InChI is InChI=1S/C18H16N2O2S2/c1-11(21)13-6-5-7-14(10-13)19-17(22)12(2)23-18-20-15-8-3-4-9-16(15)24-18/h3-10,12H,1-2H3,(H,19,22)/t12-/m0/s1. The van der Waals surface area contributed by atoms with Crippen LogP contribution in [-0.4, -0.2) is 21.9 Å². The van der Waals surface area contributed by atoms with Crippen LogP contribution in [0.3, 0.4) is 0 Å². The maximum atomic E-state index is 12.4. The predicted molar refractivity (Wildman–Crippen MR) is 100 cm³/mol. The smallest absolute Gasteiger partial charge is 0.237 e. The van der Waals surface area contributed by atoms with Gasteiger partial charge in [0.1, 0.15) is 0 Å². The first-order valence-corrected chi connectivity index (χ1v) is 9.16. The minimum Gasteiger partial charge on any atom is -0.325 e. The van der Waals surface area contributed by atoms with Crippen molar-refractivity contribution >= 4 is 50.7 Å². The molecular formula is C18H16N2O2S2. The molecule has 0 saturated carbocycles. The van der Waals surface area contributed by atoms with Crippen LogP contribution in [0.5, 0.6) is 0 Å². The lowest BCUT2D eigenvalue weighted by molar-refractivity contribution is -0.115. The molecule has 3 aromatic rings. The molecule has 2 aromatic carbocycles. The van der Waals surface area contributed by atoms with Crippen LogP contribution in [0.1, 0.15) is 24.2 Å². The molecule has 1 heterocycles. The number of carbonyl (C=O) groups excluding carboxylic acids is 2. The van der Waals surface area contributed by atoms with Gasteiger partial charge in [0.15, 0.2) is 10.1 Å². The average molecular weight is 356 g/mol. The SMILES string of the molecule is CC(=O)c1cccc(NC(=O)[C@H](C)Sc2nc3ccccc3s2)c1. The zero-order chi connectivity index (χ0) is 17.1. The zero-order valence-electron chi connectivity index (χ0n) is 13.3. The molecule has 0 aliphatic heterocycles. The van der Waals surface area contributed by atoms with E-state index in [1.807, 2.05) is 31.2 Å². The summed E-state index contributed by atoms with van der Waals surface area (Å²) in [5, 5.41) is 2.57. The van der Waals surface area contributed by atoms with E-state index < -0.39 is 0 Å². The van der Waals surface area contributed by atoms with E-state index in [1.165, 1.54) is 18.7 Å². The number of nitrogens with one attached hydrogen (secondary N) is 1. The molecule has 0 fully saturated rings. The molecule has 6 heteroatoms. The third-order valence-electron chi connectivity index (χ3n) is 3.46. The third kappa shape index (κ3) is 3.83. The highest BCUT2D eigenvalue weighted by atomic mass is 32.2. The number of amides is 1. The molecule has 4 nitrogen and oxygen atoms in total. The number of anilines is 1. The topological polar surface area (TPSA) is 59.1 Å². The second-order valence-corrected chi connectivity index (χ2v) is 7.95. The molecule has 1 N–H and O–H groups in total. The molecule has 3 rings (SSSR count). The van der Waals surface area contributed by atoms with E-state index in [4.69, 9.17) is 0 Å². The van der Waals surface area contributed by atoms with Gasteiger partial charge in [0, 0.05) is 11.3 Å². The maximum Gasteiger partial charge on any atom is 0.237 e. The number of carbonyl (C=O) groups is 2. The predicted octanol–water partition coefficient (Wildman–Crippen LogP) is 4.62. The Hall–Kier alpha value is -2.18. The zero-order valence-corrected chi connectivity index (χ0v) is 14.9. The van der Waals surface area contributed by atoms with Crippen LogP contribution in [0.4, 0.5) is 5.69 Å². The number of benzene rings is 2. The van der Waals surface area contributed by atoms with E-state index in [0.29, 0.717) is 11.3 Å². The van der Waals surface area contributed by atoms with Gasteiger partial charge in [0.25, 0.3) is 0 Å². The highest BCUT2D eigenvalue weighted by Gasteiger charge is 2.17. The van der Waals surface area contributed by atoms with Gasteiger partial charge in [-0.3, -0.25) is 9.59 Å². The van der Waals surface area contributed by atoms with Crippen LogP contribution in [-0.2, 0) is 4.79 Å². The van der Waals surface area contributed by atoms with Crippen molar-refractivity contribution in [3.63, 3.8) is 0 Å². The summed E-state index contributed by atoms with van der Waals surface area (Å²) in [6, 6.07) is 14.9. The molecule has 0 aliphatic carbocycles. The summed E-state index contributed by atoms with van der Waals surface area (Å²) in [5.74, 6) is -0.136. The van der Waals surface area contributed by atoms with E-state index in [1.54, 1.807) is 35.6 Å². The number of rotatable bonds is 5. The Balaban J connectivity index is 1.68. The normalized spacial score (nSPS) is 12.1. The van der Waals surface area contributed by atoms with Gasteiger partial charge in [-0.1, -0.05) is 36.0 Å². The summed E-state index contributed by atoms with van der Waals surface area (Å²) in [6.07, 6.45) is 0. The number of hydrogen-bond acceptors (Lipinski definition) is 5. The number of nitrogens with zero attached hydrogens (tertiary/aromatic N) is 1. The first kappa shape index (κ1) is 16.7. The summed E-state index contributed by atoms with van der Waals surface area (Å²) in [7, 11) is 0. The monoisotopic (exact) mass is 356 g/mol. The van der Waals surface area contributed by atoms with Crippen molar-refractivity contribution < 1.29 is 9.59 Å². The molecule has 24 heavy (non-hydrogen) atoms. The lowest BCUT2D eigenvalue weighted by Gasteiger charge is -2.11. The van der Waals surface area contributed by atoms with E-state index in [0.717, 1.165) is 14.6 Å². The van der Waals surface area contributed by atoms with Crippen molar-refractivity contribution in [3.05, 3.63) is 54.1 Å². The van der Waals surface area contributed by atoms with Crippen LogP contribution in [0.15, 0.2) is 52.9 Å². The minimum absolute atomic E-state index is 0.0250. The van der Waals surface area contributed by atoms with Crippen molar-refractivity contribution in [2.75, 3.05) is 5.32 Å². The third-order valence-corrected chi connectivity index (χ3v) is 5.69. The number of hydrogen-bond donors (Lipinski definition) is 1. The second kappa shape index (κ2) is 7.15. The summed E-state index contributed by atoms with van der Waals surface area (Å²) < 4.78 is 1.98. The van der Waals surface area contributed by atoms with Gasteiger partial charge in [0.05, 0.1) is 15.5 Å². The molecule has 0 saturated heterocycles. The van der Waals surface area contributed by atoms with E-state index >= 15 is 0 Å². The Kier molecular flexibility index (Phi) is 4.97. The number of thioether (sulfide) groups is 1. The molecule has 1 aromatic heterocycles. The molecule has 1 amide bonds. The van der Waals surface area contributed by atoms with Crippen LogP contribution < -0.4 is 5.32 Å². The molecule has 0 bridgehead atoms. The van der Waals surface area contributed by atoms with E-state index in [9.17, 15) is 9.59 Å². The van der Waals surface area contributed by atoms with Gasteiger partial charge in [-0.25, -0.2) is 4.98 Å². The van der Waals surface area contributed by atoms with Crippen molar-refractivity contribution in [2.24, 2.45) is 0 Å².